The van der Waals surface area contributed by atoms with Crippen LogP contribution in [0.25, 0.3) is 10.9 Å². The van der Waals surface area contributed by atoms with E-state index >= 15 is 0 Å². The minimum Gasteiger partial charge on any atom is -0.382 e. The molecule has 2 saturated heterocycles. The van der Waals surface area contributed by atoms with Crippen molar-refractivity contribution in [1.29, 1.82) is 0 Å². The fourth-order valence-corrected chi connectivity index (χ4v) is 4.76. The molecule has 2 unspecified atom stereocenters. The summed E-state index contributed by atoms with van der Waals surface area (Å²) in [5.41, 5.74) is 3.42. The van der Waals surface area contributed by atoms with Gasteiger partial charge in [-0.2, -0.15) is 0 Å². The molecule has 2 aliphatic rings. The fraction of sp³-hybridized carbons (Fsp3) is 0.476. The Bertz CT molecular complexity index is 936. The molecule has 154 valence electrons. The third-order valence-corrected chi connectivity index (χ3v) is 6.28. The molecule has 3 N–H and O–H groups in total. The first-order valence-electron chi connectivity index (χ1n) is 9.94. The SMILES string of the molecule is CC1C[C@@H]([C@H](O)C(=O)NO)C(=O)N2C1CN(c1cnc3ccccc3c1)C[C@H]2C. The Morgan fingerprint density at radius 2 is 2.03 bits per heavy atom. The van der Waals surface area contributed by atoms with Crippen LogP contribution in [-0.4, -0.2) is 63.3 Å². The summed E-state index contributed by atoms with van der Waals surface area (Å²) in [5.74, 6) is -1.92. The van der Waals surface area contributed by atoms with Crippen LogP contribution in [0.5, 0.6) is 0 Å². The molecule has 2 fully saturated rings. The number of carbonyl (C=O) groups is 2. The molecule has 2 amide bonds. The van der Waals surface area contributed by atoms with Crippen LogP contribution in [0.4, 0.5) is 5.69 Å². The molecule has 0 bridgehead atoms. The lowest BCUT2D eigenvalue weighted by Crippen LogP contribution is -2.67. The third-order valence-electron chi connectivity index (χ3n) is 6.28. The second-order valence-electron chi connectivity index (χ2n) is 8.19. The molecule has 2 aliphatic heterocycles. The fourth-order valence-electron chi connectivity index (χ4n) is 4.76. The Labute approximate surface area is 169 Å². The number of rotatable bonds is 3. The number of para-hydroxylation sites is 1. The number of aromatic nitrogens is 1. The van der Waals surface area contributed by atoms with Gasteiger partial charge in [-0.25, -0.2) is 5.48 Å². The number of aliphatic hydroxyl groups excluding tert-OH is 1. The lowest BCUT2D eigenvalue weighted by atomic mass is 9.78. The Kier molecular flexibility index (Phi) is 5.14. The Hall–Kier alpha value is -2.71. The van der Waals surface area contributed by atoms with E-state index in [1.807, 2.05) is 49.2 Å². The normalized spacial score (nSPS) is 28.2. The van der Waals surface area contributed by atoms with E-state index < -0.39 is 17.9 Å². The van der Waals surface area contributed by atoms with Crippen molar-refractivity contribution in [1.82, 2.24) is 15.4 Å². The van der Waals surface area contributed by atoms with Gasteiger partial charge in [-0.3, -0.25) is 19.8 Å². The van der Waals surface area contributed by atoms with Crippen molar-refractivity contribution in [3.05, 3.63) is 36.5 Å². The van der Waals surface area contributed by atoms with E-state index in [0.717, 1.165) is 16.6 Å². The standard InChI is InChI=1S/C21H26N4O4/c1-12-7-16(19(26)20(27)23-29)21(28)25-13(2)10-24(11-18(12)25)15-8-14-5-3-4-6-17(14)22-9-15/h3-6,8-9,12-13,16,18-19,26,29H,7,10-11H2,1-2H3,(H,23,27)/t12?,13-,16+,18?,19+/m1/s1. The van der Waals surface area contributed by atoms with Crippen LogP contribution in [-0.2, 0) is 9.59 Å². The summed E-state index contributed by atoms with van der Waals surface area (Å²) in [6.45, 7) is 5.34. The number of fused-ring (bicyclic) bond motifs is 2. The highest BCUT2D eigenvalue weighted by atomic mass is 16.5. The number of nitrogens with one attached hydrogen (secondary N) is 1. The van der Waals surface area contributed by atoms with Gasteiger partial charge in [0, 0.05) is 24.5 Å². The van der Waals surface area contributed by atoms with E-state index in [9.17, 15) is 14.7 Å². The largest absolute Gasteiger partial charge is 0.382 e. The van der Waals surface area contributed by atoms with E-state index in [0.29, 0.717) is 19.5 Å². The van der Waals surface area contributed by atoms with E-state index in [2.05, 4.69) is 16.0 Å². The summed E-state index contributed by atoms with van der Waals surface area (Å²) in [7, 11) is 0. The number of hydroxylamine groups is 1. The second kappa shape index (κ2) is 7.61. The van der Waals surface area contributed by atoms with Crippen molar-refractivity contribution in [2.45, 2.75) is 38.5 Å². The maximum atomic E-state index is 13.1. The molecule has 4 rings (SSSR count). The first kappa shape index (κ1) is 19.6. The van der Waals surface area contributed by atoms with Gasteiger partial charge in [0.25, 0.3) is 5.91 Å². The van der Waals surface area contributed by atoms with Crippen LogP contribution in [0.2, 0.25) is 0 Å². The molecule has 1 aromatic carbocycles. The number of benzene rings is 1. The highest BCUT2D eigenvalue weighted by Gasteiger charge is 2.48. The Balaban J connectivity index is 1.58. The van der Waals surface area contributed by atoms with Crippen LogP contribution in [0.1, 0.15) is 20.3 Å². The van der Waals surface area contributed by atoms with Gasteiger partial charge in [-0.1, -0.05) is 25.1 Å². The minimum atomic E-state index is -1.55. The zero-order valence-electron chi connectivity index (χ0n) is 16.5. The topological polar surface area (TPSA) is 106 Å². The summed E-state index contributed by atoms with van der Waals surface area (Å²) in [4.78, 5) is 33.4. The number of piperazine rings is 1. The first-order valence-corrected chi connectivity index (χ1v) is 9.94. The van der Waals surface area contributed by atoms with Crippen LogP contribution in [0, 0.1) is 11.8 Å². The average molecular weight is 398 g/mol. The molecule has 8 nitrogen and oxygen atoms in total. The molecule has 0 spiro atoms. The third kappa shape index (κ3) is 3.42. The molecular weight excluding hydrogens is 372 g/mol. The van der Waals surface area contributed by atoms with Crippen LogP contribution in [0.15, 0.2) is 36.5 Å². The number of pyridine rings is 1. The van der Waals surface area contributed by atoms with Crippen molar-refractivity contribution in [3.63, 3.8) is 0 Å². The monoisotopic (exact) mass is 398 g/mol. The second-order valence-corrected chi connectivity index (χ2v) is 8.19. The zero-order valence-corrected chi connectivity index (χ0v) is 16.5. The molecule has 0 radical (unpaired) electrons. The number of nitrogens with zero attached hydrogens (tertiary/aromatic N) is 3. The van der Waals surface area contributed by atoms with Gasteiger partial charge >= 0.3 is 0 Å². The van der Waals surface area contributed by atoms with Crippen molar-refractivity contribution in [3.8, 4) is 0 Å². The number of hydrogen-bond acceptors (Lipinski definition) is 6. The predicted octanol–water partition coefficient (Wildman–Crippen LogP) is 1.16. The number of hydrogen-bond donors (Lipinski definition) is 3. The lowest BCUT2D eigenvalue weighted by Gasteiger charge is -2.53. The minimum absolute atomic E-state index is 0.0154. The highest BCUT2D eigenvalue weighted by Crippen LogP contribution is 2.36. The van der Waals surface area contributed by atoms with Gasteiger partial charge in [0.15, 0.2) is 0 Å². The molecule has 29 heavy (non-hydrogen) atoms. The number of carbonyl (C=O) groups excluding carboxylic acids is 2. The maximum Gasteiger partial charge on any atom is 0.272 e. The maximum absolute atomic E-state index is 13.1. The number of amides is 2. The van der Waals surface area contributed by atoms with E-state index in [4.69, 9.17) is 5.21 Å². The Morgan fingerprint density at radius 1 is 1.28 bits per heavy atom. The van der Waals surface area contributed by atoms with Gasteiger partial charge in [0.05, 0.1) is 29.4 Å². The summed E-state index contributed by atoms with van der Waals surface area (Å²) >= 11 is 0. The molecular formula is C21H26N4O4. The van der Waals surface area contributed by atoms with E-state index in [-0.39, 0.29) is 23.9 Å². The van der Waals surface area contributed by atoms with Gasteiger partial charge in [-0.15, -0.1) is 0 Å². The van der Waals surface area contributed by atoms with Crippen molar-refractivity contribution >= 4 is 28.4 Å². The van der Waals surface area contributed by atoms with Crippen molar-refractivity contribution < 1.29 is 19.9 Å². The average Bonchev–Trinajstić information content (AvgIpc) is 2.74. The van der Waals surface area contributed by atoms with E-state index in [1.165, 1.54) is 5.48 Å². The van der Waals surface area contributed by atoms with E-state index in [1.54, 1.807) is 0 Å². The molecule has 0 saturated carbocycles. The molecule has 2 aromatic rings. The van der Waals surface area contributed by atoms with Crippen molar-refractivity contribution in [2.75, 3.05) is 18.0 Å². The molecule has 3 heterocycles. The van der Waals surface area contributed by atoms with Gasteiger partial charge in [0.2, 0.25) is 5.91 Å². The molecule has 0 aliphatic carbocycles. The number of anilines is 1. The smallest absolute Gasteiger partial charge is 0.272 e. The molecule has 8 heteroatoms. The summed E-state index contributed by atoms with van der Waals surface area (Å²) < 4.78 is 0. The van der Waals surface area contributed by atoms with Gasteiger partial charge in [0.1, 0.15) is 6.10 Å². The van der Waals surface area contributed by atoms with Crippen molar-refractivity contribution in [2.24, 2.45) is 11.8 Å². The van der Waals surface area contributed by atoms with Crippen LogP contribution < -0.4 is 10.4 Å². The van der Waals surface area contributed by atoms with Crippen LogP contribution >= 0.6 is 0 Å². The number of piperidine rings is 1. The van der Waals surface area contributed by atoms with Gasteiger partial charge in [-0.05, 0) is 31.4 Å². The first-order chi connectivity index (χ1) is 13.9. The van der Waals surface area contributed by atoms with Crippen LogP contribution in [0.3, 0.4) is 0 Å². The summed E-state index contributed by atoms with van der Waals surface area (Å²) in [6.07, 6.45) is 0.717. The van der Waals surface area contributed by atoms with Gasteiger partial charge < -0.3 is 14.9 Å². The zero-order chi connectivity index (χ0) is 20.7. The highest BCUT2D eigenvalue weighted by molar-refractivity contribution is 5.90. The molecule has 1 aromatic heterocycles. The Morgan fingerprint density at radius 3 is 2.79 bits per heavy atom. The predicted molar refractivity (Wildman–Crippen MR) is 107 cm³/mol. The number of aliphatic hydroxyl groups is 1. The lowest BCUT2D eigenvalue weighted by molar-refractivity contribution is -0.160. The summed E-state index contributed by atoms with van der Waals surface area (Å²) in [5, 5.41) is 20.1. The quantitative estimate of drug-likeness (QED) is 0.529. The summed E-state index contributed by atoms with van der Waals surface area (Å²) in [6, 6.07) is 10.0. The molecule has 5 atom stereocenters.